The standard InChI is InChI=1S/C26H27F2N3O4S/c1-3-4-8-35-25-23-26(33)31-15(2)7-9-34-22(31)14-30(23)13-18(24(25)32)20-12-29-21(36-20)10-16-5-6-17(27)11-19(16)28/h5-6,11-13,15,22H,3-4,7-10,14H2,1-2H3/t15-,22+/m1/s1. The molecule has 0 saturated carbocycles. The van der Waals surface area contributed by atoms with Crippen LogP contribution < -0.4 is 10.2 Å². The van der Waals surface area contributed by atoms with E-state index in [-0.39, 0.29) is 35.2 Å². The summed E-state index contributed by atoms with van der Waals surface area (Å²) in [6.07, 6.45) is 5.35. The third kappa shape index (κ3) is 4.55. The van der Waals surface area contributed by atoms with Crippen molar-refractivity contribution in [2.75, 3.05) is 13.2 Å². The SMILES string of the molecule is CCCCOc1c2n(cc(-c3cnc(Cc4ccc(F)cc4F)s3)c1=O)C[C@@H]1OCC[C@@H](C)N1C2=O. The fourth-order valence-electron chi connectivity index (χ4n) is 4.62. The Labute approximate surface area is 211 Å². The third-order valence-corrected chi connectivity index (χ3v) is 7.61. The molecule has 0 aliphatic carbocycles. The van der Waals surface area contributed by atoms with E-state index in [0.717, 1.165) is 25.3 Å². The Hall–Kier alpha value is -3.11. The van der Waals surface area contributed by atoms with Gasteiger partial charge in [0.25, 0.3) is 5.91 Å². The Kier molecular flexibility index (Phi) is 6.90. The number of ether oxygens (including phenoxy) is 2. The normalized spacial score (nSPS) is 19.2. The molecule has 0 radical (unpaired) electrons. The van der Waals surface area contributed by atoms with Gasteiger partial charge in [0.15, 0.2) is 17.7 Å². The van der Waals surface area contributed by atoms with Crippen LogP contribution in [0.4, 0.5) is 8.78 Å². The summed E-state index contributed by atoms with van der Waals surface area (Å²) in [6, 6.07) is 3.44. The fourth-order valence-corrected chi connectivity index (χ4v) is 5.56. The van der Waals surface area contributed by atoms with Crippen molar-refractivity contribution in [2.45, 2.75) is 58.3 Å². The zero-order valence-electron chi connectivity index (χ0n) is 20.1. The van der Waals surface area contributed by atoms with E-state index in [1.165, 1.54) is 23.5 Å². The van der Waals surface area contributed by atoms with Gasteiger partial charge in [-0.3, -0.25) is 9.59 Å². The highest BCUT2D eigenvalue weighted by molar-refractivity contribution is 7.15. The Bertz CT molecular complexity index is 1360. The molecule has 1 amide bonds. The van der Waals surface area contributed by atoms with Crippen LogP contribution in [0.3, 0.4) is 0 Å². The molecule has 1 aromatic carbocycles. The predicted octanol–water partition coefficient (Wildman–Crippen LogP) is 4.61. The summed E-state index contributed by atoms with van der Waals surface area (Å²) in [7, 11) is 0. The maximum absolute atomic E-state index is 14.1. The van der Waals surface area contributed by atoms with Gasteiger partial charge in [-0.15, -0.1) is 11.3 Å². The van der Waals surface area contributed by atoms with Crippen LogP contribution in [0.25, 0.3) is 10.4 Å². The van der Waals surface area contributed by atoms with E-state index in [1.54, 1.807) is 21.9 Å². The number of thiazole rings is 1. The number of aromatic nitrogens is 2. The van der Waals surface area contributed by atoms with Crippen LogP contribution in [0, 0.1) is 11.6 Å². The summed E-state index contributed by atoms with van der Waals surface area (Å²) in [4.78, 5) is 33.8. The summed E-state index contributed by atoms with van der Waals surface area (Å²) < 4.78 is 41.0. The maximum atomic E-state index is 14.1. The number of unbranched alkanes of at least 4 members (excludes halogenated alkanes) is 1. The Morgan fingerprint density at radius 2 is 2.11 bits per heavy atom. The lowest BCUT2D eigenvalue weighted by Crippen LogP contribution is -2.57. The second-order valence-corrected chi connectivity index (χ2v) is 10.2. The largest absolute Gasteiger partial charge is 0.487 e. The van der Waals surface area contributed by atoms with Crippen LogP contribution in [-0.4, -0.2) is 45.8 Å². The van der Waals surface area contributed by atoms with Crippen molar-refractivity contribution in [2.24, 2.45) is 0 Å². The average Bonchev–Trinajstić information content (AvgIpc) is 3.30. The number of rotatable bonds is 7. The third-order valence-electron chi connectivity index (χ3n) is 6.58. The van der Waals surface area contributed by atoms with Gasteiger partial charge in [0.05, 0.1) is 35.2 Å². The topological polar surface area (TPSA) is 73.7 Å². The number of hydrogen-bond acceptors (Lipinski definition) is 6. The zero-order chi connectivity index (χ0) is 25.4. The molecule has 0 spiro atoms. The van der Waals surface area contributed by atoms with E-state index in [0.29, 0.717) is 40.8 Å². The summed E-state index contributed by atoms with van der Waals surface area (Å²) in [6.45, 7) is 5.28. The minimum absolute atomic E-state index is 0.000758. The molecule has 4 heterocycles. The van der Waals surface area contributed by atoms with Crippen molar-refractivity contribution < 1.29 is 23.0 Å². The first-order valence-corrected chi connectivity index (χ1v) is 12.9. The second-order valence-electron chi connectivity index (χ2n) is 9.11. The van der Waals surface area contributed by atoms with Crippen LogP contribution in [0.5, 0.6) is 5.75 Å². The van der Waals surface area contributed by atoms with Crippen molar-refractivity contribution in [3.8, 4) is 16.2 Å². The number of nitrogens with zero attached hydrogens (tertiary/aromatic N) is 3. The number of benzene rings is 1. The first-order chi connectivity index (χ1) is 17.4. The number of pyridine rings is 1. The van der Waals surface area contributed by atoms with Crippen LogP contribution >= 0.6 is 11.3 Å². The highest BCUT2D eigenvalue weighted by atomic mass is 32.1. The molecule has 0 bridgehead atoms. The van der Waals surface area contributed by atoms with E-state index in [9.17, 15) is 18.4 Å². The van der Waals surface area contributed by atoms with Crippen LogP contribution in [0.15, 0.2) is 35.4 Å². The molecule has 2 aromatic heterocycles. The molecule has 190 valence electrons. The molecule has 2 aliphatic rings. The number of hydrogen-bond donors (Lipinski definition) is 0. The lowest BCUT2D eigenvalue weighted by atomic mass is 10.1. The molecule has 2 atom stereocenters. The molecule has 7 nitrogen and oxygen atoms in total. The van der Waals surface area contributed by atoms with Crippen LogP contribution in [0.2, 0.25) is 0 Å². The molecular formula is C26H27F2N3O4S. The predicted molar refractivity (Wildman–Crippen MR) is 131 cm³/mol. The van der Waals surface area contributed by atoms with Crippen molar-refractivity contribution in [1.82, 2.24) is 14.5 Å². The van der Waals surface area contributed by atoms with Gasteiger partial charge in [0.1, 0.15) is 11.6 Å². The Balaban J connectivity index is 1.54. The quantitative estimate of drug-likeness (QED) is 0.430. The van der Waals surface area contributed by atoms with Gasteiger partial charge in [-0.25, -0.2) is 13.8 Å². The Morgan fingerprint density at radius 1 is 1.28 bits per heavy atom. The molecule has 5 rings (SSSR count). The molecule has 10 heteroatoms. The van der Waals surface area contributed by atoms with Crippen molar-refractivity contribution in [1.29, 1.82) is 0 Å². The number of fused-ring (bicyclic) bond motifs is 2. The first-order valence-electron chi connectivity index (χ1n) is 12.1. The van der Waals surface area contributed by atoms with Crippen LogP contribution in [0.1, 0.15) is 54.2 Å². The monoisotopic (exact) mass is 515 g/mol. The highest BCUT2D eigenvalue weighted by Gasteiger charge is 2.41. The molecule has 0 unspecified atom stereocenters. The van der Waals surface area contributed by atoms with Crippen LogP contribution in [-0.2, 0) is 17.7 Å². The highest BCUT2D eigenvalue weighted by Crippen LogP contribution is 2.33. The lowest BCUT2D eigenvalue weighted by molar-refractivity contribution is -0.112. The minimum atomic E-state index is -0.642. The van der Waals surface area contributed by atoms with E-state index in [2.05, 4.69) is 4.98 Å². The number of carbonyl (C=O) groups is 1. The van der Waals surface area contributed by atoms with Gasteiger partial charge >= 0.3 is 0 Å². The van der Waals surface area contributed by atoms with Gasteiger partial charge in [-0.1, -0.05) is 19.4 Å². The van der Waals surface area contributed by atoms with E-state index < -0.39 is 17.9 Å². The average molecular weight is 516 g/mol. The maximum Gasteiger partial charge on any atom is 0.276 e. The van der Waals surface area contributed by atoms with Gasteiger partial charge < -0.3 is 18.9 Å². The summed E-state index contributed by atoms with van der Waals surface area (Å²) in [5.41, 5.74) is 0.542. The zero-order valence-corrected chi connectivity index (χ0v) is 20.9. The smallest absolute Gasteiger partial charge is 0.276 e. The Morgan fingerprint density at radius 3 is 2.89 bits per heavy atom. The second kappa shape index (κ2) is 10.1. The molecule has 3 aromatic rings. The van der Waals surface area contributed by atoms with E-state index >= 15 is 0 Å². The number of carbonyl (C=O) groups excluding carboxylic acids is 1. The fraction of sp³-hybridized carbons (Fsp3) is 0.423. The van der Waals surface area contributed by atoms with Gasteiger partial charge in [-0.2, -0.15) is 0 Å². The van der Waals surface area contributed by atoms with E-state index in [1.807, 2.05) is 13.8 Å². The van der Waals surface area contributed by atoms with Gasteiger partial charge in [0, 0.05) is 30.9 Å². The van der Waals surface area contributed by atoms with Gasteiger partial charge in [0.2, 0.25) is 5.43 Å². The molecule has 1 fully saturated rings. The lowest BCUT2D eigenvalue weighted by Gasteiger charge is -2.44. The summed E-state index contributed by atoms with van der Waals surface area (Å²) >= 11 is 1.25. The van der Waals surface area contributed by atoms with Crippen molar-refractivity contribution in [3.63, 3.8) is 0 Å². The summed E-state index contributed by atoms with van der Waals surface area (Å²) in [5, 5.41) is 0.581. The van der Waals surface area contributed by atoms with Gasteiger partial charge in [-0.05, 0) is 31.4 Å². The summed E-state index contributed by atoms with van der Waals surface area (Å²) in [5.74, 6) is -1.51. The van der Waals surface area contributed by atoms with Crippen molar-refractivity contribution >= 4 is 17.2 Å². The molecule has 1 saturated heterocycles. The molecular weight excluding hydrogens is 488 g/mol. The van der Waals surface area contributed by atoms with Crippen molar-refractivity contribution in [3.05, 3.63) is 68.7 Å². The van der Waals surface area contributed by atoms with E-state index in [4.69, 9.17) is 9.47 Å². The first kappa shape index (κ1) is 24.6. The number of halogens is 2. The molecule has 0 N–H and O–H groups in total. The molecule has 36 heavy (non-hydrogen) atoms. The molecule has 2 aliphatic heterocycles. The number of amides is 1. The minimum Gasteiger partial charge on any atom is -0.487 e.